The highest BCUT2D eigenvalue weighted by atomic mass is 32.5. The van der Waals surface area contributed by atoms with Crippen LogP contribution in [-0.2, 0) is 35.1 Å². The summed E-state index contributed by atoms with van der Waals surface area (Å²) >= 11 is 5.14. The van der Waals surface area contributed by atoms with E-state index in [1.54, 1.807) is 6.92 Å². The molecule has 17 nitrogen and oxygen atoms in total. The Bertz CT molecular complexity index is 1720. The maximum Gasteiger partial charge on any atom is 0.325 e. The molecule has 42 heavy (non-hydrogen) atoms. The van der Waals surface area contributed by atoms with Gasteiger partial charge >= 0.3 is 6.72 Å². The van der Waals surface area contributed by atoms with Gasteiger partial charge in [0.05, 0.1) is 25.9 Å². The lowest BCUT2D eigenvalue weighted by Gasteiger charge is -2.29. The molecule has 0 saturated carbocycles. The van der Waals surface area contributed by atoms with Gasteiger partial charge in [-0.15, -0.1) is 0 Å². The third-order valence-corrected chi connectivity index (χ3v) is 8.30. The Hall–Kier alpha value is -3.23. The van der Waals surface area contributed by atoms with Crippen molar-refractivity contribution in [2.24, 2.45) is 0 Å². The van der Waals surface area contributed by atoms with Crippen molar-refractivity contribution in [1.29, 1.82) is 0 Å². The summed E-state index contributed by atoms with van der Waals surface area (Å²) in [7, 11) is 0. The van der Waals surface area contributed by atoms with Crippen molar-refractivity contribution in [3.8, 4) is 0 Å². The summed E-state index contributed by atoms with van der Waals surface area (Å²) in [6, 6.07) is 0. The molecule has 6 N–H and O–H groups in total. The van der Waals surface area contributed by atoms with Crippen molar-refractivity contribution in [3.63, 3.8) is 0 Å². The molecule has 2 bridgehead atoms. The van der Waals surface area contributed by atoms with E-state index in [-0.39, 0.29) is 36.0 Å². The molecule has 0 radical (unpaired) electrons. The molecule has 6 heterocycles. The van der Waals surface area contributed by atoms with Crippen LogP contribution in [0.25, 0.3) is 22.3 Å². The van der Waals surface area contributed by atoms with Crippen molar-refractivity contribution < 1.29 is 36.9 Å². The minimum absolute atomic E-state index is 0.0375. The predicted molar refractivity (Wildman–Crippen MR) is 143 cm³/mol. The smallest absolute Gasteiger partial charge is 0.325 e. The molecule has 2 aliphatic rings. The van der Waals surface area contributed by atoms with Crippen LogP contribution in [0.5, 0.6) is 0 Å². The lowest BCUT2D eigenvalue weighted by Crippen LogP contribution is -2.36. The molecule has 6 rings (SSSR count). The number of aromatic nitrogens is 8. The molecule has 2 unspecified atom stereocenters. The van der Waals surface area contributed by atoms with Crippen molar-refractivity contribution in [2.75, 3.05) is 24.7 Å². The first-order valence-corrected chi connectivity index (χ1v) is 15.1. The van der Waals surface area contributed by atoms with Gasteiger partial charge in [0.25, 0.3) is 5.56 Å². The number of hydrogen-bond acceptors (Lipinski definition) is 14. The molecule has 226 valence electrons. The number of rotatable bonds is 4. The van der Waals surface area contributed by atoms with Crippen LogP contribution in [-0.4, -0.2) is 88.0 Å². The van der Waals surface area contributed by atoms with Gasteiger partial charge in [-0.2, -0.15) is 4.98 Å². The fourth-order valence-electron chi connectivity index (χ4n) is 4.71. The highest BCUT2D eigenvalue weighted by molar-refractivity contribution is 8.07. The number of ether oxygens (including phenoxy) is 3. The summed E-state index contributed by atoms with van der Waals surface area (Å²) in [6.07, 6.45) is -6.72. The van der Waals surface area contributed by atoms with Crippen LogP contribution in [0.1, 0.15) is 25.8 Å². The predicted octanol–water partition coefficient (Wildman–Crippen LogP) is 0.598. The standard InChI is InChI=1S/C21H25F2N10O7PS/c1-8(32-6-28-12-15(24)26-5-27-16(12)32)38-10-4-37-41(35,42)40-14-11(23)20(36-3-2-9(10)22)39-19(14)33-7-29-13-17(33)30-21(25)31-18(13)34/h5-11,14,19-20H,2-4H2,1H3,(H,35,42)(H2,24,26,27)(H3,25,30,31,34)/t8-,9-,10-,11+,14-,19-,20?,41?/m1/s1. The molecule has 4 aromatic rings. The molecule has 2 fully saturated rings. The summed E-state index contributed by atoms with van der Waals surface area (Å²) in [6.45, 7) is -3.45. The van der Waals surface area contributed by atoms with E-state index < -0.39 is 62.2 Å². The van der Waals surface area contributed by atoms with Crippen molar-refractivity contribution in [2.45, 2.75) is 56.6 Å². The molecule has 4 aromatic heterocycles. The number of imidazole rings is 2. The van der Waals surface area contributed by atoms with Crippen molar-refractivity contribution in [3.05, 3.63) is 29.3 Å². The highest BCUT2D eigenvalue weighted by Gasteiger charge is 2.51. The topological polar surface area (TPSA) is 226 Å². The second-order valence-electron chi connectivity index (χ2n) is 9.48. The Balaban J connectivity index is 1.25. The fourth-order valence-corrected chi connectivity index (χ4v) is 6.12. The zero-order valence-electron chi connectivity index (χ0n) is 21.7. The van der Waals surface area contributed by atoms with E-state index >= 15 is 8.78 Å². The Kier molecular flexibility index (Phi) is 7.64. The number of hydrogen-bond donors (Lipinski definition) is 4. The molecule has 2 saturated heterocycles. The Morgan fingerprint density at radius 3 is 2.81 bits per heavy atom. The van der Waals surface area contributed by atoms with E-state index in [0.29, 0.717) is 11.2 Å². The zero-order valence-corrected chi connectivity index (χ0v) is 23.4. The van der Waals surface area contributed by atoms with Crippen LogP contribution in [0.3, 0.4) is 0 Å². The second-order valence-corrected chi connectivity index (χ2v) is 12.3. The van der Waals surface area contributed by atoms with E-state index in [0.717, 1.165) is 0 Å². The van der Waals surface area contributed by atoms with Crippen LogP contribution in [0.4, 0.5) is 20.5 Å². The van der Waals surface area contributed by atoms with Crippen LogP contribution in [0.15, 0.2) is 23.8 Å². The van der Waals surface area contributed by atoms with Gasteiger partial charge in [0, 0.05) is 6.42 Å². The van der Waals surface area contributed by atoms with E-state index in [1.807, 2.05) is 0 Å². The van der Waals surface area contributed by atoms with Gasteiger partial charge in [-0.1, -0.05) is 0 Å². The van der Waals surface area contributed by atoms with E-state index in [2.05, 4.69) is 29.9 Å². The SMILES string of the molecule is C[C@@H](O[C@@H]1COP(O)(=S)O[C@@H]2[C@H](F)C(OCC[C@H]1F)O[C@H]2n1cnc2c(=O)[nH]c(N)nc21)n1cnc2c(N)ncnc21. The number of alkyl halides is 2. The Labute approximate surface area is 239 Å². The fraction of sp³-hybridized carbons (Fsp3) is 0.524. The molecule has 0 amide bonds. The molecule has 0 spiro atoms. The minimum atomic E-state index is -4.25. The number of aromatic amines is 1. The molecule has 0 aromatic carbocycles. The first kappa shape index (κ1) is 28.9. The quantitative estimate of drug-likeness (QED) is 0.226. The first-order chi connectivity index (χ1) is 20.0. The van der Waals surface area contributed by atoms with Crippen molar-refractivity contribution >= 4 is 52.6 Å². The minimum Gasteiger partial charge on any atom is -0.382 e. The first-order valence-electron chi connectivity index (χ1n) is 12.5. The number of H-pyrrole nitrogens is 1. The van der Waals surface area contributed by atoms with Crippen LogP contribution >= 0.6 is 6.72 Å². The molecule has 0 aliphatic carbocycles. The average Bonchev–Trinajstić information content (AvgIpc) is 3.63. The summed E-state index contributed by atoms with van der Waals surface area (Å²) in [4.78, 5) is 45.7. The molecular formula is C21H25F2N10O7PS. The molecule has 2 aliphatic heterocycles. The summed E-state index contributed by atoms with van der Waals surface area (Å²) in [5, 5.41) is 0. The van der Waals surface area contributed by atoms with Crippen LogP contribution < -0.4 is 17.0 Å². The second kappa shape index (κ2) is 11.1. The lowest BCUT2D eigenvalue weighted by atomic mass is 10.2. The number of anilines is 2. The Morgan fingerprint density at radius 1 is 1.21 bits per heavy atom. The van der Waals surface area contributed by atoms with Crippen LogP contribution in [0.2, 0.25) is 0 Å². The molecular weight excluding hydrogens is 605 g/mol. The van der Waals surface area contributed by atoms with E-state index in [1.165, 1.54) is 28.1 Å². The lowest BCUT2D eigenvalue weighted by molar-refractivity contribution is -0.171. The Morgan fingerprint density at radius 2 is 2.00 bits per heavy atom. The molecule has 21 heteroatoms. The van der Waals surface area contributed by atoms with Gasteiger partial charge in [-0.25, -0.2) is 28.7 Å². The number of nitrogens with two attached hydrogens (primary N) is 2. The highest BCUT2D eigenvalue weighted by Crippen LogP contribution is 2.51. The average molecular weight is 631 g/mol. The van der Waals surface area contributed by atoms with Crippen LogP contribution in [0, 0.1) is 0 Å². The third-order valence-electron chi connectivity index (χ3n) is 6.74. The van der Waals surface area contributed by atoms with Gasteiger partial charge < -0.3 is 35.1 Å². The van der Waals surface area contributed by atoms with E-state index in [9.17, 15) is 9.69 Å². The van der Waals surface area contributed by atoms with Gasteiger partial charge in [0.2, 0.25) is 5.95 Å². The van der Waals surface area contributed by atoms with Gasteiger partial charge in [-0.05, 0) is 18.7 Å². The summed E-state index contributed by atoms with van der Waals surface area (Å²) in [5.74, 6) is -0.0559. The number of nitrogen functional groups attached to an aromatic ring is 2. The van der Waals surface area contributed by atoms with Gasteiger partial charge in [0.15, 0.2) is 41.3 Å². The maximum atomic E-state index is 15.6. The summed E-state index contributed by atoms with van der Waals surface area (Å²) < 4.78 is 61.9. The number of halogens is 2. The normalized spacial score (nSPS) is 31.6. The van der Waals surface area contributed by atoms with Gasteiger partial charge in [0.1, 0.15) is 36.5 Å². The largest absolute Gasteiger partial charge is 0.382 e. The molecule has 8 atom stereocenters. The zero-order chi connectivity index (χ0) is 29.8. The summed E-state index contributed by atoms with van der Waals surface area (Å²) in [5.41, 5.74) is 11.4. The van der Waals surface area contributed by atoms with E-state index in [4.69, 9.17) is 46.5 Å². The van der Waals surface area contributed by atoms with Gasteiger partial charge in [-0.3, -0.25) is 23.4 Å². The number of fused-ring (bicyclic) bond motifs is 4. The monoisotopic (exact) mass is 630 g/mol. The third kappa shape index (κ3) is 5.35. The number of nitrogens with one attached hydrogen (secondary N) is 1. The number of nitrogens with zero attached hydrogens (tertiary/aromatic N) is 7. The maximum absolute atomic E-state index is 15.6. The van der Waals surface area contributed by atoms with Crippen molar-refractivity contribution in [1.82, 2.24) is 39.0 Å².